The smallest absolute Gasteiger partial charge is 0.423 e. The van der Waals surface area contributed by atoms with Gasteiger partial charge in [0.05, 0.1) is 12.2 Å². The van der Waals surface area contributed by atoms with Crippen molar-refractivity contribution in [2.24, 2.45) is 11.8 Å². The molecular formula is C24H35F3O3. The lowest BCUT2D eigenvalue weighted by Gasteiger charge is -2.28. The van der Waals surface area contributed by atoms with Gasteiger partial charge in [-0.15, -0.1) is 0 Å². The molecule has 1 aromatic rings. The van der Waals surface area contributed by atoms with E-state index < -0.39 is 29.0 Å². The quantitative estimate of drug-likeness (QED) is 0.292. The van der Waals surface area contributed by atoms with Crippen molar-refractivity contribution in [2.45, 2.75) is 90.7 Å². The number of aromatic hydroxyl groups is 1. The third-order valence-corrected chi connectivity index (χ3v) is 6.22. The largest absolute Gasteiger partial charge is 0.506 e. The van der Waals surface area contributed by atoms with E-state index in [1.807, 2.05) is 0 Å². The van der Waals surface area contributed by atoms with E-state index in [0.29, 0.717) is 12.3 Å². The molecule has 0 spiro atoms. The molecule has 1 aromatic carbocycles. The number of alkyl halides is 3. The fraction of sp³-hybridized carbons (Fsp3) is 0.708. The van der Waals surface area contributed by atoms with E-state index in [9.17, 15) is 23.1 Å². The van der Waals surface area contributed by atoms with Crippen LogP contribution in [-0.4, -0.2) is 17.5 Å². The molecular weight excluding hydrogens is 393 g/mol. The summed E-state index contributed by atoms with van der Waals surface area (Å²) in [6.45, 7) is 3.82. The van der Waals surface area contributed by atoms with Gasteiger partial charge in [0.2, 0.25) is 0 Å². The summed E-state index contributed by atoms with van der Waals surface area (Å²) in [6.07, 6.45) is 6.94. The molecule has 0 heterocycles. The Morgan fingerprint density at radius 2 is 1.63 bits per heavy atom. The van der Waals surface area contributed by atoms with Crippen molar-refractivity contribution >= 4 is 5.78 Å². The number of phenols is 1. The SMILES string of the molecule is CCCCCC1CCC(CCCC(=O)c2ccc(OCC)c(C(F)(F)F)c2O)CC1. The number of carbonyl (C=O) groups is 1. The molecule has 1 N–H and O–H groups in total. The van der Waals surface area contributed by atoms with Crippen LogP contribution in [0, 0.1) is 11.8 Å². The lowest BCUT2D eigenvalue weighted by Crippen LogP contribution is -2.15. The van der Waals surface area contributed by atoms with Crippen LogP contribution in [0.4, 0.5) is 13.2 Å². The van der Waals surface area contributed by atoms with Gasteiger partial charge in [0, 0.05) is 6.42 Å². The fourth-order valence-electron chi connectivity index (χ4n) is 4.53. The van der Waals surface area contributed by atoms with Crippen molar-refractivity contribution in [3.8, 4) is 11.5 Å². The number of ether oxygens (including phenoxy) is 1. The van der Waals surface area contributed by atoms with Crippen LogP contribution >= 0.6 is 0 Å². The monoisotopic (exact) mass is 428 g/mol. The lowest BCUT2D eigenvalue weighted by molar-refractivity contribution is -0.140. The van der Waals surface area contributed by atoms with E-state index >= 15 is 0 Å². The highest BCUT2D eigenvalue weighted by atomic mass is 19.4. The van der Waals surface area contributed by atoms with Crippen molar-refractivity contribution in [3.63, 3.8) is 0 Å². The van der Waals surface area contributed by atoms with Gasteiger partial charge in [-0.05, 0) is 37.3 Å². The normalized spacial score (nSPS) is 19.6. The minimum Gasteiger partial charge on any atom is -0.506 e. The molecule has 1 aliphatic rings. The van der Waals surface area contributed by atoms with Crippen LogP contribution in [0.1, 0.15) is 100 Å². The Hall–Kier alpha value is -1.72. The Kier molecular flexibility index (Phi) is 9.50. The zero-order valence-electron chi connectivity index (χ0n) is 18.2. The van der Waals surface area contributed by atoms with E-state index in [-0.39, 0.29) is 18.6 Å². The minimum absolute atomic E-state index is 0.0384. The van der Waals surface area contributed by atoms with Crippen molar-refractivity contribution in [1.29, 1.82) is 0 Å². The highest BCUT2D eigenvalue weighted by Gasteiger charge is 2.39. The second-order valence-corrected chi connectivity index (χ2v) is 8.46. The van der Waals surface area contributed by atoms with Crippen molar-refractivity contribution in [3.05, 3.63) is 23.3 Å². The molecule has 0 bridgehead atoms. The summed E-state index contributed by atoms with van der Waals surface area (Å²) in [7, 11) is 0. The summed E-state index contributed by atoms with van der Waals surface area (Å²) < 4.78 is 45.0. The second kappa shape index (κ2) is 11.6. The predicted molar refractivity (Wildman–Crippen MR) is 112 cm³/mol. The summed E-state index contributed by atoms with van der Waals surface area (Å²) in [5.74, 6) is -0.494. The average Bonchev–Trinajstić information content (AvgIpc) is 2.68. The Morgan fingerprint density at radius 1 is 1.03 bits per heavy atom. The Labute approximate surface area is 178 Å². The predicted octanol–water partition coefficient (Wildman–Crippen LogP) is 7.55. The average molecular weight is 429 g/mol. The molecule has 0 atom stereocenters. The van der Waals surface area contributed by atoms with Gasteiger partial charge in [-0.25, -0.2) is 0 Å². The van der Waals surface area contributed by atoms with Crippen LogP contribution in [0.25, 0.3) is 0 Å². The second-order valence-electron chi connectivity index (χ2n) is 8.46. The van der Waals surface area contributed by atoms with Crippen molar-refractivity contribution < 1.29 is 27.8 Å². The summed E-state index contributed by atoms with van der Waals surface area (Å²) >= 11 is 0. The zero-order chi connectivity index (χ0) is 22.1. The molecule has 170 valence electrons. The van der Waals surface area contributed by atoms with Gasteiger partial charge in [-0.2, -0.15) is 13.2 Å². The van der Waals surface area contributed by atoms with E-state index in [1.54, 1.807) is 6.92 Å². The number of rotatable bonds is 11. The molecule has 1 aliphatic carbocycles. The van der Waals surface area contributed by atoms with E-state index in [0.717, 1.165) is 18.4 Å². The number of Topliss-reactive ketones (excluding diaryl/α,β-unsaturated/α-hetero) is 1. The van der Waals surface area contributed by atoms with Gasteiger partial charge in [0.15, 0.2) is 5.78 Å². The van der Waals surface area contributed by atoms with Crippen LogP contribution in [0.2, 0.25) is 0 Å². The molecule has 1 fully saturated rings. The fourth-order valence-corrected chi connectivity index (χ4v) is 4.53. The van der Waals surface area contributed by atoms with Gasteiger partial charge in [0.1, 0.15) is 17.1 Å². The van der Waals surface area contributed by atoms with Gasteiger partial charge in [-0.1, -0.05) is 64.7 Å². The first kappa shape index (κ1) is 24.5. The van der Waals surface area contributed by atoms with Gasteiger partial charge in [-0.3, -0.25) is 4.79 Å². The standard InChI is InChI=1S/C24H35F3O3/c1-3-5-6-8-17-11-13-18(14-12-17)9-7-10-20(28)19-15-16-21(30-4-2)22(23(19)29)24(25,26)27/h15-18,29H,3-14H2,1-2H3. The highest BCUT2D eigenvalue weighted by Crippen LogP contribution is 2.44. The maximum absolute atomic E-state index is 13.3. The third kappa shape index (κ3) is 6.92. The van der Waals surface area contributed by atoms with E-state index in [1.165, 1.54) is 57.4 Å². The Morgan fingerprint density at radius 3 is 2.17 bits per heavy atom. The number of hydrogen-bond acceptors (Lipinski definition) is 3. The number of benzene rings is 1. The van der Waals surface area contributed by atoms with E-state index in [2.05, 4.69) is 6.92 Å². The van der Waals surface area contributed by atoms with Crippen LogP contribution in [-0.2, 0) is 6.18 Å². The van der Waals surface area contributed by atoms with Crippen LogP contribution in [0.5, 0.6) is 11.5 Å². The molecule has 0 amide bonds. The molecule has 0 radical (unpaired) electrons. The lowest BCUT2D eigenvalue weighted by atomic mass is 9.78. The summed E-state index contributed by atoms with van der Waals surface area (Å²) in [6, 6.07) is 2.36. The van der Waals surface area contributed by atoms with Crippen LogP contribution in [0.3, 0.4) is 0 Å². The number of phenolic OH excluding ortho intramolecular Hbond substituents is 1. The third-order valence-electron chi connectivity index (χ3n) is 6.22. The van der Waals surface area contributed by atoms with Gasteiger partial charge < -0.3 is 9.84 Å². The maximum Gasteiger partial charge on any atom is 0.423 e. The highest BCUT2D eigenvalue weighted by molar-refractivity contribution is 5.99. The van der Waals surface area contributed by atoms with Crippen molar-refractivity contribution in [1.82, 2.24) is 0 Å². The number of ketones is 1. The molecule has 6 heteroatoms. The van der Waals surface area contributed by atoms with Gasteiger partial charge in [0.25, 0.3) is 0 Å². The molecule has 2 rings (SSSR count). The first-order valence-electron chi connectivity index (χ1n) is 11.4. The summed E-state index contributed by atoms with van der Waals surface area (Å²) in [5, 5.41) is 10.1. The number of unbranched alkanes of at least 4 members (excludes halogenated alkanes) is 2. The maximum atomic E-state index is 13.3. The molecule has 0 unspecified atom stereocenters. The zero-order valence-corrected chi connectivity index (χ0v) is 18.2. The molecule has 3 nitrogen and oxygen atoms in total. The molecule has 1 saturated carbocycles. The number of hydrogen-bond donors (Lipinski definition) is 1. The summed E-state index contributed by atoms with van der Waals surface area (Å²) in [5.41, 5.74) is -1.54. The van der Waals surface area contributed by atoms with E-state index in [4.69, 9.17) is 4.74 Å². The minimum atomic E-state index is -4.79. The van der Waals surface area contributed by atoms with Crippen molar-refractivity contribution in [2.75, 3.05) is 6.61 Å². The molecule has 0 saturated heterocycles. The van der Waals surface area contributed by atoms with Crippen LogP contribution in [0.15, 0.2) is 12.1 Å². The molecule has 30 heavy (non-hydrogen) atoms. The summed E-state index contributed by atoms with van der Waals surface area (Å²) in [4.78, 5) is 12.5. The van der Waals surface area contributed by atoms with Gasteiger partial charge >= 0.3 is 6.18 Å². The Bertz CT molecular complexity index is 677. The first-order chi connectivity index (χ1) is 14.3. The molecule has 0 aromatic heterocycles. The Balaban J connectivity index is 1.87. The number of carbonyl (C=O) groups excluding carboxylic acids is 1. The number of halogens is 3. The topological polar surface area (TPSA) is 46.5 Å². The van der Waals surface area contributed by atoms with Crippen LogP contribution < -0.4 is 4.74 Å². The molecule has 0 aliphatic heterocycles. The first-order valence-corrected chi connectivity index (χ1v) is 11.4.